The van der Waals surface area contributed by atoms with Gasteiger partial charge in [-0.1, -0.05) is 18.2 Å². The van der Waals surface area contributed by atoms with Crippen molar-refractivity contribution in [3.05, 3.63) is 87.1 Å². The number of aromatic amines is 1. The first-order valence-electron chi connectivity index (χ1n) is 9.29. The molecule has 2 aromatic heterocycles. The maximum Gasteiger partial charge on any atom is 0.263 e. The molecule has 0 saturated carbocycles. The minimum absolute atomic E-state index is 0.00767. The number of pyridine rings is 1. The van der Waals surface area contributed by atoms with E-state index in [-0.39, 0.29) is 23.2 Å². The van der Waals surface area contributed by atoms with E-state index in [0.29, 0.717) is 18.5 Å². The minimum atomic E-state index is -0.790. The Hall–Kier alpha value is -3.75. The Morgan fingerprint density at radius 1 is 1.33 bits per heavy atom. The summed E-state index contributed by atoms with van der Waals surface area (Å²) in [6.45, 7) is 1.80. The van der Waals surface area contributed by atoms with Crippen molar-refractivity contribution in [3.63, 3.8) is 0 Å². The summed E-state index contributed by atoms with van der Waals surface area (Å²) in [5, 5.41) is 0. The summed E-state index contributed by atoms with van der Waals surface area (Å²) in [4.78, 5) is 45.9. The lowest BCUT2D eigenvalue weighted by Crippen LogP contribution is -2.36. The second kappa shape index (κ2) is 8.73. The van der Waals surface area contributed by atoms with Gasteiger partial charge in [-0.3, -0.25) is 14.4 Å². The van der Waals surface area contributed by atoms with Gasteiger partial charge in [-0.25, -0.2) is 9.37 Å². The van der Waals surface area contributed by atoms with Crippen LogP contribution in [0.5, 0.6) is 0 Å². The smallest absolute Gasteiger partial charge is 0.263 e. The Morgan fingerprint density at radius 2 is 2.10 bits per heavy atom. The zero-order chi connectivity index (χ0) is 21.8. The summed E-state index contributed by atoms with van der Waals surface area (Å²) in [6.07, 6.45) is 4.99. The van der Waals surface area contributed by atoms with Gasteiger partial charge in [0.2, 0.25) is 5.91 Å². The lowest BCUT2D eigenvalue weighted by Gasteiger charge is -2.18. The number of carbonyl (C=O) groups is 2. The van der Waals surface area contributed by atoms with Crippen LogP contribution >= 0.6 is 0 Å². The minimum Gasteiger partial charge on any atom is -0.366 e. The van der Waals surface area contributed by atoms with Crippen LogP contribution in [0.1, 0.15) is 37.5 Å². The number of benzene rings is 1. The highest BCUT2D eigenvalue weighted by atomic mass is 19.1. The molecule has 0 unspecified atom stereocenters. The number of likely N-dealkylation sites (N-methyl/N-ethyl adjacent to an activating group) is 1. The number of rotatable bonds is 7. The van der Waals surface area contributed by atoms with E-state index in [4.69, 9.17) is 5.73 Å². The molecule has 0 saturated heterocycles. The van der Waals surface area contributed by atoms with Crippen molar-refractivity contribution in [2.24, 2.45) is 5.73 Å². The Labute approximate surface area is 172 Å². The van der Waals surface area contributed by atoms with E-state index in [0.717, 1.165) is 10.3 Å². The molecule has 0 aliphatic heterocycles. The Bertz CT molecular complexity index is 1140. The average molecular weight is 411 g/mol. The number of carbonyl (C=O) groups excluding carboxylic acids is 2. The van der Waals surface area contributed by atoms with Crippen LogP contribution in [-0.4, -0.2) is 44.8 Å². The number of nitrogens with zero attached hydrogens (tertiary/aromatic N) is 3. The number of aryl methyl sites for hydroxylation is 1. The highest BCUT2D eigenvalue weighted by Gasteiger charge is 2.20. The largest absolute Gasteiger partial charge is 0.366 e. The average Bonchev–Trinajstić information content (AvgIpc) is 3.24. The van der Waals surface area contributed by atoms with Crippen LogP contribution in [0.15, 0.2) is 47.8 Å². The molecule has 8 nitrogen and oxygen atoms in total. The van der Waals surface area contributed by atoms with Crippen molar-refractivity contribution in [2.75, 3.05) is 13.6 Å². The molecular weight excluding hydrogens is 389 g/mol. The summed E-state index contributed by atoms with van der Waals surface area (Å²) < 4.78 is 15.5. The maximum atomic E-state index is 14.4. The number of imidazole rings is 1. The Kier molecular flexibility index (Phi) is 6.10. The van der Waals surface area contributed by atoms with Gasteiger partial charge < -0.3 is 20.2 Å². The molecule has 0 bridgehead atoms. The lowest BCUT2D eigenvalue weighted by atomic mass is 10.1. The number of hydrogen-bond acceptors (Lipinski definition) is 4. The van der Waals surface area contributed by atoms with Crippen molar-refractivity contribution in [1.82, 2.24) is 19.4 Å². The van der Waals surface area contributed by atoms with E-state index < -0.39 is 23.2 Å². The number of nitrogens with two attached hydrogens (primary N) is 1. The third kappa shape index (κ3) is 4.45. The molecule has 2 heterocycles. The number of nitrogens with one attached hydrogen (secondary N) is 1. The van der Waals surface area contributed by atoms with Crippen molar-refractivity contribution < 1.29 is 14.0 Å². The molecule has 0 spiro atoms. The molecule has 30 heavy (non-hydrogen) atoms. The molecule has 0 aliphatic carbocycles. The van der Waals surface area contributed by atoms with Gasteiger partial charge >= 0.3 is 0 Å². The van der Waals surface area contributed by atoms with Crippen molar-refractivity contribution >= 4 is 11.8 Å². The fourth-order valence-electron chi connectivity index (χ4n) is 3.07. The zero-order valence-corrected chi connectivity index (χ0v) is 16.7. The number of amides is 2. The predicted molar refractivity (Wildman–Crippen MR) is 109 cm³/mol. The van der Waals surface area contributed by atoms with E-state index >= 15 is 0 Å². The van der Waals surface area contributed by atoms with E-state index in [1.54, 1.807) is 38.4 Å². The van der Waals surface area contributed by atoms with Crippen molar-refractivity contribution in [1.29, 1.82) is 0 Å². The molecule has 1 aromatic carbocycles. The molecule has 3 aromatic rings. The van der Waals surface area contributed by atoms with Gasteiger partial charge in [0.15, 0.2) is 0 Å². The quantitative estimate of drug-likeness (QED) is 0.613. The third-order valence-electron chi connectivity index (χ3n) is 4.82. The summed E-state index contributed by atoms with van der Waals surface area (Å²) in [7, 11) is 1.55. The lowest BCUT2D eigenvalue weighted by molar-refractivity contribution is 0.0794. The summed E-state index contributed by atoms with van der Waals surface area (Å²) in [5.41, 5.74) is 6.01. The molecule has 156 valence electrons. The number of halogens is 1. The first-order valence-corrected chi connectivity index (χ1v) is 9.29. The van der Waals surface area contributed by atoms with Gasteiger partial charge in [0.25, 0.3) is 11.5 Å². The maximum absolute atomic E-state index is 14.4. The van der Waals surface area contributed by atoms with Gasteiger partial charge in [0.05, 0.1) is 24.1 Å². The molecule has 9 heteroatoms. The van der Waals surface area contributed by atoms with Gasteiger partial charge in [-0.15, -0.1) is 0 Å². The van der Waals surface area contributed by atoms with Gasteiger partial charge in [0, 0.05) is 38.0 Å². The van der Waals surface area contributed by atoms with E-state index in [1.165, 1.54) is 23.5 Å². The second-order valence-electron chi connectivity index (χ2n) is 7.03. The highest BCUT2D eigenvalue weighted by molar-refractivity contribution is 5.98. The van der Waals surface area contributed by atoms with E-state index in [2.05, 4.69) is 9.97 Å². The Morgan fingerprint density at radius 3 is 2.77 bits per heavy atom. The zero-order valence-electron chi connectivity index (χ0n) is 16.7. The SMILES string of the molecule is Cc1cccc(Cn2cc(C(N)=O)cc(C(=O)N(C)CCc3c[nH]cn3)c2=O)c1F. The number of aromatic nitrogens is 3. The van der Waals surface area contributed by atoms with Gasteiger partial charge in [-0.2, -0.15) is 0 Å². The fourth-order valence-corrected chi connectivity index (χ4v) is 3.07. The van der Waals surface area contributed by atoms with Crippen LogP contribution in [0.4, 0.5) is 4.39 Å². The molecular formula is C21H22FN5O3. The molecule has 0 atom stereocenters. The van der Waals surface area contributed by atoms with Crippen molar-refractivity contribution in [3.8, 4) is 0 Å². The topological polar surface area (TPSA) is 114 Å². The molecule has 3 N–H and O–H groups in total. The standard InChI is InChI=1S/C21H22FN5O3/c1-13-4-3-5-14(18(13)22)10-27-11-15(19(23)28)8-17(21(27)30)20(29)26(2)7-6-16-9-24-12-25-16/h3-5,8-9,11-12H,6-7,10H2,1-2H3,(H2,23,28)(H,24,25). The van der Waals surface area contributed by atoms with E-state index in [1.807, 2.05) is 0 Å². The van der Waals surface area contributed by atoms with Crippen molar-refractivity contribution in [2.45, 2.75) is 19.9 Å². The van der Waals surface area contributed by atoms with Gasteiger partial charge in [-0.05, 0) is 18.6 Å². The molecule has 0 aliphatic rings. The molecule has 2 amide bonds. The van der Waals surface area contributed by atoms with Crippen LogP contribution < -0.4 is 11.3 Å². The predicted octanol–water partition coefficient (Wildman–Crippen LogP) is 1.48. The summed E-state index contributed by atoms with van der Waals surface area (Å²) in [6, 6.07) is 6.01. The molecule has 3 rings (SSSR count). The first kappa shape index (κ1) is 21.0. The monoisotopic (exact) mass is 411 g/mol. The van der Waals surface area contributed by atoms with Crippen LogP contribution in [0.2, 0.25) is 0 Å². The third-order valence-corrected chi connectivity index (χ3v) is 4.82. The molecule has 0 fully saturated rings. The fraction of sp³-hybridized carbons (Fsp3) is 0.238. The van der Waals surface area contributed by atoms with Crippen LogP contribution in [0, 0.1) is 12.7 Å². The first-order chi connectivity index (χ1) is 14.3. The summed E-state index contributed by atoms with van der Waals surface area (Å²) in [5.74, 6) is -1.79. The van der Waals surface area contributed by atoms with Crippen LogP contribution in [-0.2, 0) is 13.0 Å². The number of H-pyrrole nitrogens is 1. The second-order valence-corrected chi connectivity index (χ2v) is 7.03. The van der Waals surface area contributed by atoms with Gasteiger partial charge in [0.1, 0.15) is 11.4 Å². The molecule has 0 radical (unpaired) electrons. The van der Waals surface area contributed by atoms with Crippen LogP contribution in [0.25, 0.3) is 0 Å². The van der Waals surface area contributed by atoms with E-state index in [9.17, 15) is 18.8 Å². The number of primary amides is 1. The summed E-state index contributed by atoms with van der Waals surface area (Å²) >= 11 is 0. The van der Waals surface area contributed by atoms with Crippen LogP contribution in [0.3, 0.4) is 0 Å². The highest BCUT2D eigenvalue weighted by Crippen LogP contribution is 2.14. The normalized spacial score (nSPS) is 10.8. The Balaban J connectivity index is 1.93. The number of hydrogen-bond donors (Lipinski definition) is 2.